The summed E-state index contributed by atoms with van der Waals surface area (Å²) < 4.78 is 42.5. The number of hydrogen-bond acceptors (Lipinski definition) is 7. The molecule has 0 radical (unpaired) electrons. The molecule has 0 bridgehead atoms. The van der Waals surface area contributed by atoms with Gasteiger partial charge in [-0.3, -0.25) is 4.79 Å². The molecule has 5 atom stereocenters. The average Bonchev–Trinajstić information content (AvgIpc) is 3.17. The van der Waals surface area contributed by atoms with Gasteiger partial charge in [0.05, 0.1) is 25.0 Å². The fraction of sp³-hybridized carbons (Fsp3) is 0.564. The minimum Gasteiger partial charge on any atom is -0.490 e. The Bertz CT molecular complexity index is 1690. The van der Waals surface area contributed by atoms with Gasteiger partial charge >= 0.3 is 0 Å². The van der Waals surface area contributed by atoms with E-state index < -0.39 is 35.6 Å². The molecule has 2 aromatic carbocycles. The van der Waals surface area contributed by atoms with Crippen LogP contribution in [0.3, 0.4) is 0 Å². The SMILES string of the molecule is C=CC[C@@H](CO[Si](C)(C)C(C)(C)C)S(=O)(=O)NC(=O)c1ccc2c(c1)N(C[C@@H]1CC[C@H]1[C@@H](O)CC=C)C[C@@]1(CCCc3cc(Cl)ccc31)CO2. The molecule has 50 heavy (non-hydrogen) atoms. The molecule has 2 N–H and O–H groups in total. The number of fused-ring (bicyclic) bond motifs is 3. The lowest BCUT2D eigenvalue weighted by Gasteiger charge is -2.45. The number of sulfonamides is 1. The van der Waals surface area contributed by atoms with E-state index in [2.05, 4.69) is 68.8 Å². The summed E-state index contributed by atoms with van der Waals surface area (Å²) in [5.41, 5.74) is 3.15. The Kier molecular flexibility index (Phi) is 11.7. The molecule has 11 heteroatoms. The number of amides is 1. The predicted octanol–water partition coefficient (Wildman–Crippen LogP) is 7.80. The molecule has 0 aromatic heterocycles. The summed E-state index contributed by atoms with van der Waals surface area (Å²) in [5, 5.41) is 10.6. The van der Waals surface area contributed by atoms with Crippen molar-refractivity contribution in [3.63, 3.8) is 0 Å². The van der Waals surface area contributed by atoms with Crippen molar-refractivity contribution < 1.29 is 27.5 Å². The van der Waals surface area contributed by atoms with Crippen LogP contribution in [-0.4, -0.2) is 65.4 Å². The van der Waals surface area contributed by atoms with Crippen LogP contribution in [0.1, 0.15) is 80.8 Å². The van der Waals surface area contributed by atoms with Gasteiger partial charge in [-0.05, 0) is 116 Å². The van der Waals surface area contributed by atoms with Crippen molar-refractivity contribution in [2.45, 2.75) is 101 Å². The average molecular weight is 743 g/mol. The number of benzene rings is 2. The number of nitrogens with one attached hydrogen (secondary N) is 1. The van der Waals surface area contributed by atoms with Gasteiger partial charge in [0.25, 0.3) is 5.91 Å². The fourth-order valence-corrected chi connectivity index (χ4v) is 10.0. The lowest BCUT2D eigenvalue weighted by molar-refractivity contribution is 0.0178. The molecule has 3 aliphatic rings. The van der Waals surface area contributed by atoms with E-state index in [0.717, 1.165) is 42.8 Å². The van der Waals surface area contributed by atoms with Crippen molar-refractivity contribution in [3.05, 3.63) is 83.4 Å². The highest BCUT2D eigenvalue weighted by molar-refractivity contribution is 7.90. The molecule has 0 unspecified atom stereocenters. The van der Waals surface area contributed by atoms with Gasteiger partial charge in [0.2, 0.25) is 10.0 Å². The third-order valence-corrected chi connectivity index (χ3v) is 18.1. The van der Waals surface area contributed by atoms with Crippen LogP contribution in [-0.2, 0) is 26.3 Å². The summed E-state index contributed by atoms with van der Waals surface area (Å²) in [6.45, 7) is 19.8. The van der Waals surface area contributed by atoms with Crippen molar-refractivity contribution in [1.82, 2.24) is 4.72 Å². The van der Waals surface area contributed by atoms with E-state index in [1.807, 2.05) is 6.07 Å². The molecule has 1 amide bonds. The van der Waals surface area contributed by atoms with Crippen LogP contribution in [0.2, 0.25) is 23.2 Å². The van der Waals surface area contributed by atoms with Crippen LogP contribution in [0.5, 0.6) is 5.75 Å². The Morgan fingerprint density at radius 3 is 2.58 bits per heavy atom. The van der Waals surface area contributed by atoms with E-state index in [0.29, 0.717) is 31.9 Å². The second-order valence-electron chi connectivity index (χ2n) is 16.1. The highest BCUT2D eigenvalue weighted by Crippen LogP contribution is 2.47. The number of aryl methyl sites for hydroxylation is 1. The first kappa shape index (κ1) is 38.6. The highest BCUT2D eigenvalue weighted by Gasteiger charge is 2.44. The number of halogens is 1. The van der Waals surface area contributed by atoms with Crippen molar-refractivity contribution in [2.75, 3.05) is 31.2 Å². The minimum atomic E-state index is -4.10. The number of carbonyl (C=O) groups is 1. The maximum Gasteiger partial charge on any atom is 0.264 e. The fourth-order valence-electron chi connectivity index (χ4n) is 7.47. The number of hydrogen-bond donors (Lipinski definition) is 2. The van der Waals surface area contributed by atoms with Gasteiger partial charge in [-0.15, -0.1) is 13.2 Å². The Morgan fingerprint density at radius 1 is 1.18 bits per heavy atom. The largest absolute Gasteiger partial charge is 0.490 e. The molecule has 5 rings (SSSR count). The molecule has 1 heterocycles. The maximum absolute atomic E-state index is 13.7. The lowest BCUT2D eigenvalue weighted by Crippen LogP contribution is -2.49. The molecule has 1 fully saturated rings. The quantitative estimate of drug-likeness (QED) is 0.159. The zero-order chi connectivity index (χ0) is 36.5. The van der Waals surface area contributed by atoms with Crippen LogP contribution in [0.25, 0.3) is 0 Å². The molecule has 1 saturated carbocycles. The molecule has 8 nitrogen and oxygen atoms in total. The Labute approximate surface area is 305 Å². The van der Waals surface area contributed by atoms with Gasteiger partial charge in [-0.1, -0.05) is 50.6 Å². The summed E-state index contributed by atoms with van der Waals surface area (Å²) >= 11 is 6.43. The number of ether oxygens (including phenoxy) is 1. The molecule has 274 valence electrons. The first-order chi connectivity index (χ1) is 23.5. The zero-order valence-electron chi connectivity index (χ0n) is 30.3. The maximum atomic E-state index is 13.7. The van der Waals surface area contributed by atoms with E-state index in [4.69, 9.17) is 20.8 Å². The molecular weight excluding hydrogens is 688 g/mol. The first-order valence-electron chi connectivity index (χ1n) is 17.9. The smallest absolute Gasteiger partial charge is 0.264 e. The lowest BCUT2D eigenvalue weighted by atomic mass is 9.68. The standard InChI is InChI=1S/C39H55ClN2O6SSi/c1-8-11-31(24-48-50(6,7)38(3,4)5)49(45,46)41-37(44)28-15-19-36-34(22-28)42(23-29-14-17-32(29)35(43)12-9-2)25-39(26-47-36)20-10-13-27-21-30(40)16-18-33(27)39/h8-9,15-16,18-19,21-22,29,31-32,35,43H,1-2,10-14,17,20,23-26H2,3-7H3,(H,41,44)/t29-,31-,32+,35-,39-/m0/s1. The number of anilines is 1. The van der Waals surface area contributed by atoms with Gasteiger partial charge in [-0.2, -0.15) is 0 Å². The molecule has 0 saturated heterocycles. The Hall–Kier alpha value is -2.63. The van der Waals surface area contributed by atoms with Crippen molar-refractivity contribution in [2.24, 2.45) is 11.8 Å². The predicted molar refractivity (Wildman–Crippen MR) is 205 cm³/mol. The summed E-state index contributed by atoms with van der Waals surface area (Å²) in [5.74, 6) is 0.353. The van der Waals surface area contributed by atoms with E-state index in [1.54, 1.807) is 30.4 Å². The van der Waals surface area contributed by atoms with Crippen LogP contribution >= 0.6 is 11.6 Å². The summed E-state index contributed by atoms with van der Waals surface area (Å²) in [4.78, 5) is 16.0. The number of aliphatic hydroxyl groups excluding tert-OH is 1. The molecule has 2 aromatic rings. The second kappa shape index (κ2) is 15.1. The van der Waals surface area contributed by atoms with Crippen LogP contribution < -0.4 is 14.4 Å². The number of carbonyl (C=O) groups excluding carboxylic acids is 1. The van der Waals surface area contributed by atoms with Crippen LogP contribution in [0.4, 0.5) is 5.69 Å². The first-order valence-corrected chi connectivity index (χ1v) is 22.7. The molecule has 1 spiro atoms. The van der Waals surface area contributed by atoms with Crippen molar-refractivity contribution in [3.8, 4) is 5.75 Å². The number of allylic oxidation sites excluding steroid dienone is 1. The zero-order valence-corrected chi connectivity index (χ0v) is 32.9. The number of aliphatic hydroxyl groups is 1. The summed E-state index contributed by atoms with van der Waals surface area (Å²) in [6, 6.07) is 11.3. The third kappa shape index (κ3) is 8.20. The molecular formula is C39H55ClN2O6SSi. The van der Waals surface area contributed by atoms with Gasteiger partial charge < -0.3 is 19.2 Å². The Balaban J connectivity index is 1.44. The topological polar surface area (TPSA) is 105 Å². The molecule has 2 aliphatic carbocycles. The number of rotatable bonds is 13. The Morgan fingerprint density at radius 2 is 1.92 bits per heavy atom. The van der Waals surface area contributed by atoms with E-state index >= 15 is 0 Å². The third-order valence-electron chi connectivity index (χ3n) is 11.7. The molecule has 1 aliphatic heterocycles. The van der Waals surface area contributed by atoms with E-state index in [1.165, 1.54) is 11.1 Å². The van der Waals surface area contributed by atoms with Gasteiger partial charge in [0, 0.05) is 29.1 Å². The van der Waals surface area contributed by atoms with Crippen LogP contribution in [0.15, 0.2) is 61.7 Å². The van der Waals surface area contributed by atoms with Crippen molar-refractivity contribution in [1.29, 1.82) is 0 Å². The highest BCUT2D eigenvalue weighted by atomic mass is 35.5. The van der Waals surface area contributed by atoms with Gasteiger partial charge in [-0.25, -0.2) is 13.1 Å². The van der Waals surface area contributed by atoms with Crippen molar-refractivity contribution >= 4 is 41.5 Å². The number of nitrogens with zero attached hydrogens (tertiary/aromatic N) is 1. The summed E-state index contributed by atoms with van der Waals surface area (Å²) in [7, 11) is -6.34. The van der Waals surface area contributed by atoms with Crippen LogP contribution in [0, 0.1) is 11.8 Å². The second-order valence-corrected chi connectivity index (χ2v) is 23.3. The van der Waals surface area contributed by atoms with E-state index in [-0.39, 0.29) is 40.9 Å². The summed E-state index contributed by atoms with van der Waals surface area (Å²) in [6.07, 6.45) is 8.40. The normalized spacial score (nSPS) is 23.4. The van der Waals surface area contributed by atoms with E-state index in [9.17, 15) is 18.3 Å². The monoisotopic (exact) mass is 742 g/mol. The van der Waals surface area contributed by atoms with Gasteiger partial charge in [0.15, 0.2) is 8.32 Å². The minimum absolute atomic E-state index is 0.0219. The van der Waals surface area contributed by atoms with Gasteiger partial charge in [0.1, 0.15) is 11.0 Å².